The molecule has 1 unspecified atom stereocenters. The van der Waals surface area contributed by atoms with Crippen LogP contribution in [0.4, 0.5) is 0 Å². The fraction of sp³-hybridized carbons (Fsp3) is 0.611. The van der Waals surface area contributed by atoms with Crippen molar-refractivity contribution in [2.75, 3.05) is 13.1 Å². The maximum atomic E-state index is 12.7. The lowest BCUT2D eigenvalue weighted by Crippen LogP contribution is -2.32. The molecule has 0 N–H and O–H groups in total. The third kappa shape index (κ3) is 4.09. The van der Waals surface area contributed by atoms with Crippen LogP contribution in [-0.4, -0.2) is 23.9 Å². The van der Waals surface area contributed by atoms with Crippen molar-refractivity contribution < 1.29 is 4.79 Å². The molecule has 0 saturated carbocycles. The van der Waals surface area contributed by atoms with Crippen LogP contribution in [0.3, 0.4) is 0 Å². The first-order valence-corrected chi connectivity index (χ1v) is 8.64. The van der Waals surface area contributed by atoms with Gasteiger partial charge in [0.25, 0.3) is 5.91 Å². The molecule has 3 heteroatoms. The fourth-order valence-electron chi connectivity index (χ4n) is 3.07. The molecule has 2 nitrogen and oxygen atoms in total. The van der Waals surface area contributed by atoms with Crippen molar-refractivity contribution in [3.63, 3.8) is 0 Å². The van der Waals surface area contributed by atoms with Crippen molar-refractivity contribution in [3.8, 4) is 0 Å². The topological polar surface area (TPSA) is 20.3 Å². The lowest BCUT2D eigenvalue weighted by molar-refractivity contribution is 0.0755. The fourth-order valence-corrected chi connectivity index (χ4v) is 3.45. The highest BCUT2D eigenvalue weighted by atomic mass is 79.9. The van der Waals surface area contributed by atoms with Crippen molar-refractivity contribution in [2.45, 2.75) is 47.0 Å². The number of hydrogen-bond donors (Lipinski definition) is 0. The molecule has 1 atom stereocenters. The molecule has 0 aromatic heterocycles. The Kier molecular flexibility index (Phi) is 5.13. The minimum atomic E-state index is 0.172. The van der Waals surface area contributed by atoms with Gasteiger partial charge in [-0.2, -0.15) is 0 Å². The van der Waals surface area contributed by atoms with E-state index in [1.54, 1.807) is 0 Å². The number of hydrogen-bond acceptors (Lipinski definition) is 1. The molecular formula is C18H26BrNO. The van der Waals surface area contributed by atoms with Crippen molar-refractivity contribution >= 4 is 21.8 Å². The van der Waals surface area contributed by atoms with Crippen LogP contribution in [-0.2, 0) is 0 Å². The number of rotatable bonds is 1. The van der Waals surface area contributed by atoms with Gasteiger partial charge in [-0.15, -0.1) is 0 Å². The number of nitrogens with zero attached hydrogens (tertiary/aromatic N) is 1. The van der Waals surface area contributed by atoms with Crippen LogP contribution in [0.2, 0.25) is 0 Å². The Labute approximate surface area is 137 Å². The van der Waals surface area contributed by atoms with Crippen molar-refractivity contribution in [3.05, 3.63) is 33.8 Å². The van der Waals surface area contributed by atoms with Gasteiger partial charge in [0.1, 0.15) is 0 Å². The highest BCUT2D eigenvalue weighted by Gasteiger charge is 2.28. The van der Waals surface area contributed by atoms with E-state index in [0.717, 1.165) is 41.5 Å². The zero-order valence-corrected chi connectivity index (χ0v) is 15.2. The standard InChI is InChI=1S/C18H26BrNO/c1-13-7-8-14(12-16(13)19)17(21)20-10-5-6-15(9-11-20)18(2,3)4/h7-8,12,15H,5-6,9-11H2,1-4H3. The summed E-state index contributed by atoms with van der Waals surface area (Å²) in [7, 11) is 0. The van der Waals surface area contributed by atoms with Crippen LogP contribution in [0.5, 0.6) is 0 Å². The van der Waals surface area contributed by atoms with Crippen molar-refractivity contribution in [1.29, 1.82) is 0 Å². The van der Waals surface area contributed by atoms with Crippen LogP contribution in [0, 0.1) is 18.3 Å². The number of carbonyl (C=O) groups excluding carboxylic acids is 1. The minimum absolute atomic E-state index is 0.172. The Balaban J connectivity index is 2.08. The summed E-state index contributed by atoms with van der Waals surface area (Å²) in [4.78, 5) is 14.7. The molecule has 21 heavy (non-hydrogen) atoms. The third-order valence-electron chi connectivity index (χ3n) is 4.66. The molecule has 1 aliphatic heterocycles. The summed E-state index contributed by atoms with van der Waals surface area (Å²) in [6, 6.07) is 5.89. The number of carbonyl (C=O) groups is 1. The van der Waals surface area contributed by atoms with E-state index in [1.807, 2.05) is 30.0 Å². The molecule has 1 amide bonds. The monoisotopic (exact) mass is 351 g/mol. The van der Waals surface area contributed by atoms with Gasteiger partial charge in [-0.05, 0) is 55.2 Å². The van der Waals surface area contributed by atoms with E-state index in [9.17, 15) is 4.79 Å². The first-order valence-electron chi connectivity index (χ1n) is 7.84. The number of aryl methyl sites for hydroxylation is 1. The van der Waals surface area contributed by atoms with E-state index >= 15 is 0 Å². The van der Waals surface area contributed by atoms with Gasteiger partial charge in [0, 0.05) is 23.1 Å². The maximum absolute atomic E-state index is 12.7. The summed E-state index contributed by atoms with van der Waals surface area (Å²) in [6.45, 7) is 10.7. The molecule has 1 heterocycles. The van der Waals surface area contributed by atoms with Gasteiger partial charge in [-0.1, -0.05) is 42.8 Å². The maximum Gasteiger partial charge on any atom is 0.253 e. The number of benzene rings is 1. The van der Waals surface area contributed by atoms with E-state index in [0.29, 0.717) is 11.3 Å². The summed E-state index contributed by atoms with van der Waals surface area (Å²) in [6.07, 6.45) is 3.45. The van der Waals surface area contributed by atoms with E-state index in [1.165, 1.54) is 6.42 Å². The molecule has 0 spiro atoms. The van der Waals surface area contributed by atoms with E-state index in [-0.39, 0.29) is 5.91 Å². The summed E-state index contributed by atoms with van der Waals surface area (Å²) in [5.74, 6) is 0.880. The van der Waals surface area contributed by atoms with Gasteiger partial charge in [0.2, 0.25) is 0 Å². The second kappa shape index (κ2) is 6.51. The van der Waals surface area contributed by atoms with Gasteiger partial charge in [-0.25, -0.2) is 0 Å². The quantitative estimate of drug-likeness (QED) is 0.693. The van der Waals surface area contributed by atoms with Gasteiger partial charge in [0.05, 0.1) is 0 Å². The van der Waals surface area contributed by atoms with Gasteiger partial charge >= 0.3 is 0 Å². The molecule has 1 fully saturated rings. The molecule has 1 aromatic rings. The Morgan fingerprint density at radius 1 is 1.24 bits per heavy atom. The smallest absolute Gasteiger partial charge is 0.253 e. The van der Waals surface area contributed by atoms with Gasteiger partial charge in [0.15, 0.2) is 0 Å². The van der Waals surface area contributed by atoms with E-state index in [4.69, 9.17) is 0 Å². The van der Waals surface area contributed by atoms with Crippen LogP contribution in [0.15, 0.2) is 22.7 Å². The predicted octanol–water partition coefficient (Wildman–Crippen LogP) is 5.05. The van der Waals surface area contributed by atoms with Gasteiger partial charge < -0.3 is 4.90 Å². The molecule has 1 saturated heterocycles. The van der Waals surface area contributed by atoms with Crippen LogP contribution in [0.1, 0.15) is 56.0 Å². The molecule has 1 aromatic carbocycles. The zero-order valence-electron chi connectivity index (χ0n) is 13.6. The molecule has 1 aliphatic rings. The molecule has 0 radical (unpaired) electrons. The Bertz CT molecular complexity index is 518. The Morgan fingerprint density at radius 3 is 2.57 bits per heavy atom. The molecular weight excluding hydrogens is 326 g/mol. The molecule has 0 aliphatic carbocycles. The van der Waals surface area contributed by atoms with E-state index < -0.39 is 0 Å². The SMILES string of the molecule is Cc1ccc(C(=O)N2CCCC(C(C)(C)C)CC2)cc1Br. The molecule has 116 valence electrons. The number of amides is 1. The van der Waals surface area contributed by atoms with Crippen molar-refractivity contribution in [1.82, 2.24) is 4.90 Å². The highest BCUT2D eigenvalue weighted by molar-refractivity contribution is 9.10. The molecule has 0 bridgehead atoms. The Morgan fingerprint density at radius 2 is 1.95 bits per heavy atom. The predicted molar refractivity (Wildman–Crippen MR) is 91.6 cm³/mol. The second-order valence-corrected chi connectivity index (χ2v) is 8.10. The largest absolute Gasteiger partial charge is 0.339 e. The highest BCUT2D eigenvalue weighted by Crippen LogP contribution is 2.34. The first-order chi connectivity index (χ1) is 9.79. The summed E-state index contributed by atoms with van der Waals surface area (Å²) >= 11 is 3.52. The normalized spacial score (nSPS) is 20.2. The average molecular weight is 352 g/mol. The number of likely N-dealkylation sites (tertiary alicyclic amines) is 1. The van der Waals surface area contributed by atoms with Crippen molar-refractivity contribution in [2.24, 2.45) is 11.3 Å². The summed E-state index contributed by atoms with van der Waals surface area (Å²) in [5.41, 5.74) is 2.29. The Hall–Kier alpha value is -0.830. The minimum Gasteiger partial charge on any atom is -0.339 e. The second-order valence-electron chi connectivity index (χ2n) is 7.25. The van der Waals surface area contributed by atoms with Gasteiger partial charge in [-0.3, -0.25) is 4.79 Å². The lowest BCUT2D eigenvalue weighted by Gasteiger charge is -2.29. The number of halogens is 1. The van der Waals surface area contributed by atoms with Crippen LogP contribution < -0.4 is 0 Å². The zero-order chi connectivity index (χ0) is 15.6. The third-order valence-corrected chi connectivity index (χ3v) is 5.51. The lowest BCUT2D eigenvalue weighted by atomic mass is 9.77. The molecule has 2 rings (SSSR count). The average Bonchev–Trinajstić information content (AvgIpc) is 2.66. The van der Waals surface area contributed by atoms with Crippen LogP contribution >= 0.6 is 15.9 Å². The summed E-state index contributed by atoms with van der Waals surface area (Å²) in [5, 5.41) is 0. The van der Waals surface area contributed by atoms with E-state index in [2.05, 4.69) is 36.7 Å². The first kappa shape index (κ1) is 16.5. The summed E-state index contributed by atoms with van der Waals surface area (Å²) < 4.78 is 1.01. The van der Waals surface area contributed by atoms with Crippen LogP contribution in [0.25, 0.3) is 0 Å².